The van der Waals surface area contributed by atoms with Gasteiger partial charge < -0.3 is 15.4 Å². The number of hydrogen-bond acceptors (Lipinski definition) is 5. The number of nitrogens with one attached hydrogen (secondary N) is 2. The van der Waals surface area contributed by atoms with Crippen molar-refractivity contribution >= 4 is 27.5 Å². The van der Waals surface area contributed by atoms with E-state index in [1.807, 2.05) is 32.9 Å². The number of carbonyl (C=O) groups excluding carboxylic acids is 2. The van der Waals surface area contributed by atoms with Gasteiger partial charge in [0.2, 0.25) is 15.9 Å². The molecule has 0 bridgehead atoms. The fourth-order valence-electron chi connectivity index (χ4n) is 3.35. The van der Waals surface area contributed by atoms with Crippen LogP contribution in [0.3, 0.4) is 0 Å². The first-order chi connectivity index (χ1) is 15.2. The average Bonchev–Trinajstić information content (AvgIpc) is 2.78. The highest BCUT2D eigenvalue weighted by atomic mass is 32.2. The van der Waals surface area contributed by atoms with E-state index in [0.29, 0.717) is 37.6 Å². The van der Waals surface area contributed by atoms with Gasteiger partial charge >= 0.3 is 0 Å². The predicted molar refractivity (Wildman–Crippen MR) is 122 cm³/mol. The third kappa shape index (κ3) is 5.73. The molecule has 0 aromatic heterocycles. The number of amides is 2. The third-order valence-electron chi connectivity index (χ3n) is 5.26. The standard InChI is InChI=1S/C23H29N3O5S/c1-16(2)21(25-22(27)18-9-7-17(3)8-10-18)23(28)24-19-5-4-6-20(15-19)32(29,30)26-11-13-31-14-12-26/h4-10,15-16,21H,11-14H2,1-3H3,(H,24,28)(H,25,27)/t21-/m0/s1. The van der Waals surface area contributed by atoms with Crippen LogP contribution in [0.2, 0.25) is 0 Å². The predicted octanol–water partition coefficient (Wildman–Crippen LogP) is 2.41. The van der Waals surface area contributed by atoms with Gasteiger partial charge in [0.15, 0.2) is 0 Å². The van der Waals surface area contributed by atoms with E-state index >= 15 is 0 Å². The highest BCUT2D eigenvalue weighted by molar-refractivity contribution is 7.89. The largest absolute Gasteiger partial charge is 0.379 e. The first-order valence-corrected chi connectivity index (χ1v) is 12.0. The van der Waals surface area contributed by atoms with Gasteiger partial charge in [-0.15, -0.1) is 0 Å². The molecule has 0 spiro atoms. The molecule has 1 saturated heterocycles. The summed E-state index contributed by atoms with van der Waals surface area (Å²) in [6.07, 6.45) is 0. The monoisotopic (exact) mass is 459 g/mol. The van der Waals surface area contributed by atoms with E-state index in [-0.39, 0.29) is 16.7 Å². The molecular formula is C23H29N3O5S. The lowest BCUT2D eigenvalue weighted by Gasteiger charge is -2.26. The van der Waals surface area contributed by atoms with E-state index in [0.717, 1.165) is 5.56 Å². The maximum absolute atomic E-state index is 12.9. The Morgan fingerprint density at radius 2 is 1.69 bits per heavy atom. The highest BCUT2D eigenvalue weighted by Gasteiger charge is 2.28. The number of morpholine rings is 1. The van der Waals surface area contributed by atoms with Gasteiger partial charge in [-0.3, -0.25) is 9.59 Å². The average molecular weight is 460 g/mol. The molecule has 1 heterocycles. The quantitative estimate of drug-likeness (QED) is 0.662. The van der Waals surface area contributed by atoms with Crippen molar-refractivity contribution in [3.8, 4) is 0 Å². The van der Waals surface area contributed by atoms with Gasteiger partial charge in [-0.1, -0.05) is 37.6 Å². The van der Waals surface area contributed by atoms with Crippen LogP contribution in [0.15, 0.2) is 53.4 Å². The van der Waals surface area contributed by atoms with Gasteiger partial charge in [0.1, 0.15) is 6.04 Å². The molecule has 0 unspecified atom stereocenters. The van der Waals surface area contributed by atoms with E-state index < -0.39 is 22.0 Å². The van der Waals surface area contributed by atoms with E-state index in [1.165, 1.54) is 16.4 Å². The summed E-state index contributed by atoms with van der Waals surface area (Å²) in [6, 6.07) is 12.4. The first-order valence-electron chi connectivity index (χ1n) is 10.5. The van der Waals surface area contributed by atoms with Crippen molar-refractivity contribution in [1.29, 1.82) is 0 Å². The number of benzene rings is 2. The minimum atomic E-state index is -3.68. The minimum absolute atomic E-state index is 0.0991. The van der Waals surface area contributed by atoms with Crippen LogP contribution in [-0.4, -0.2) is 56.9 Å². The van der Waals surface area contributed by atoms with Gasteiger partial charge in [-0.2, -0.15) is 4.31 Å². The van der Waals surface area contributed by atoms with Gasteiger partial charge in [-0.25, -0.2) is 8.42 Å². The number of hydrogen-bond donors (Lipinski definition) is 2. The molecule has 2 N–H and O–H groups in total. The van der Waals surface area contributed by atoms with Gasteiger partial charge in [0.05, 0.1) is 18.1 Å². The van der Waals surface area contributed by atoms with E-state index in [1.54, 1.807) is 24.3 Å². The van der Waals surface area contributed by atoms with Crippen molar-refractivity contribution in [3.63, 3.8) is 0 Å². The summed E-state index contributed by atoms with van der Waals surface area (Å²) in [6.45, 7) is 6.88. The summed E-state index contributed by atoms with van der Waals surface area (Å²) in [4.78, 5) is 25.6. The summed E-state index contributed by atoms with van der Waals surface area (Å²) in [5, 5.41) is 5.52. The smallest absolute Gasteiger partial charge is 0.251 e. The molecule has 1 aliphatic rings. The Hall–Kier alpha value is -2.75. The van der Waals surface area contributed by atoms with E-state index in [4.69, 9.17) is 4.74 Å². The van der Waals surface area contributed by atoms with Crippen molar-refractivity contribution < 1.29 is 22.7 Å². The number of aryl methyl sites for hydroxylation is 1. The van der Waals surface area contributed by atoms with Crippen LogP contribution >= 0.6 is 0 Å². The Morgan fingerprint density at radius 1 is 1.03 bits per heavy atom. The lowest BCUT2D eigenvalue weighted by atomic mass is 10.0. The lowest BCUT2D eigenvalue weighted by molar-refractivity contribution is -0.118. The number of carbonyl (C=O) groups is 2. The molecule has 2 aromatic carbocycles. The zero-order valence-electron chi connectivity index (χ0n) is 18.5. The minimum Gasteiger partial charge on any atom is -0.379 e. The van der Waals surface area contributed by atoms with E-state index in [2.05, 4.69) is 10.6 Å². The van der Waals surface area contributed by atoms with Crippen LogP contribution in [0.25, 0.3) is 0 Å². The second-order valence-electron chi connectivity index (χ2n) is 8.09. The maximum Gasteiger partial charge on any atom is 0.251 e. The molecule has 0 saturated carbocycles. The number of ether oxygens (including phenoxy) is 1. The number of anilines is 1. The summed E-state index contributed by atoms with van der Waals surface area (Å²) >= 11 is 0. The molecule has 32 heavy (non-hydrogen) atoms. The van der Waals surface area contributed by atoms with Crippen LogP contribution < -0.4 is 10.6 Å². The molecule has 2 aromatic rings. The SMILES string of the molecule is Cc1ccc(C(=O)N[C@H](C(=O)Nc2cccc(S(=O)(=O)N3CCOCC3)c2)C(C)C)cc1. The zero-order valence-corrected chi connectivity index (χ0v) is 19.3. The highest BCUT2D eigenvalue weighted by Crippen LogP contribution is 2.21. The van der Waals surface area contributed by atoms with Crippen molar-refractivity contribution in [2.45, 2.75) is 31.7 Å². The second kappa shape index (κ2) is 10.2. The zero-order chi connectivity index (χ0) is 23.3. The summed E-state index contributed by atoms with van der Waals surface area (Å²) in [7, 11) is -3.68. The molecule has 1 aliphatic heterocycles. The van der Waals surface area contributed by atoms with Crippen LogP contribution in [0, 0.1) is 12.8 Å². The normalized spacial score (nSPS) is 15.9. The van der Waals surface area contributed by atoms with Crippen LogP contribution in [0.4, 0.5) is 5.69 Å². The second-order valence-corrected chi connectivity index (χ2v) is 10.0. The molecule has 172 valence electrons. The molecule has 0 aliphatic carbocycles. The van der Waals surface area contributed by atoms with Crippen molar-refractivity contribution in [1.82, 2.24) is 9.62 Å². The Labute approximate surface area is 189 Å². The molecule has 1 atom stereocenters. The van der Waals surface area contributed by atoms with Crippen molar-refractivity contribution in [2.24, 2.45) is 5.92 Å². The topological polar surface area (TPSA) is 105 Å². The van der Waals surface area contributed by atoms with Crippen LogP contribution in [0.1, 0.15) is 29.8 Å². The summed E-state index contributed by atoms with van der Waals surface area (Å²) < 4.78 is 32.4. The van der Waals surface area contributed by atoms with Crippen LogP contribution in [-0.2, 0) is 19.6 Å². The number of nitrogens with zero attached hydrogens (tertiary/aromatic N) is 1. The first kappa shape index (κ1) is 23.9. The van der Waals surface area contributed by atoms with Gasteiger partial charge in [0.25, 0.3) is 5.91 Å². The van der Waals surface area contributed by atoms with E-state index in [9.17, 15) is 18.0 Å². The molecule has 2 amide bonds. The molecule has 1 fully saturated rings. The fourth-order valence-corrected chi connectivity index (χ4v) is 4.81. The molecule has 8 nitrogen and oxygen atoms in total. The number of sulfonamides is 1. The summed E-state index contributed by atoms with van der Waals surface area (Å²) in [5.74, 6) is -0.937. The maximum atomic E-state index is 12.9. The number of rotatable bonds is 7. The Morgan fingerprint density at radius 3 is 2.31 bits per heavy atom. The lowest BCUT2D eigenvalue weighted by Crippen LogP contribution is -2.47. The van der Waals surface area contributed by atoms with Crippen LogP contribution in [0.5, 0.6) is 0 Å². The Kier molecular flexibility index (Phi) is 7.65. The fraction of sp³-hybridized carbons (Fsp3) is 0.391. The Bertz CT molecular complexity index is 1060. The molecule has 9 heteroatoms. The van der Waals surface area contributed by atoms with Gasteiger partial charge in [0, 0.05) is 24.3 Å². The molecular weight excluding hydrogens is 430 g/mol. The Balaban J connectivity index is 1.73. The van der Waals surface area contributed by atoms with Crippen molar-refractivity contribution in [3.05, 3.63) is 59.7 Å². The molecule has 3 rings (SSSR count). The molecule has 0 radical (unpaired) electrons. The summed E-state index contributed by atoms with van der Waals surface area (Å²) in [5.41, 5.74) is 1.85. The van der Waals surface area contributed by atoms with Gasteiger partial charge in [-0.05, 0) is 43.2 Å². The third-order valence-corrected chi connectivity index (χ3v) is 7.15. The van der Waals surface area contributed by atoms with Crippen molar-refractivity contribution in [2.75, 3.05) is 31.6 Å².